The van der Waals surface area contributed by atoms with E-state index in [9.17, 15) is 22.4 Å². The van der Waals surface area contributed by atoms with Gasteiger partial charge in [-0.3, -0.25) is 0 Å². The molecule has 0 radical (unpaired) electrons. The zero-order valence-corrected chi connectivity index (χ0v) is 21.7. The Morgan fingerprint density at radius 1 is 0.718 bits per heavy atom. The summed E-state index contributed by atoms with van der Waals surface area (Å²) in [6.45, 7) is 4.65. The highest BCUT2D eigenvalue weighted by Crippen LogP contribution is 2.58. The van der Waals surface area contributed by atoms with Crippen molar-refractivity contribution in [3.05, 3.63) is 82.4 Å². The lowest BCUT2D eigenvalue weighted by atomic mass is 9.75. The summed E-state index contributed by atoms with van der Waals surface area (Å²) in [6, 6.07) is 16.0. The van der Waals surface area contributed by atoms with Gasteiger partial charge in [-0.25, -0.2) is 22.4 Å². The number of anilines is 2. The highest BCUT2D eigenvalue weighted by molar-refractivity contribution is 5.97. The number of hydrogen-bond acceptors (Lipinski definition) is 5. The Kier molecular flexibility index (Phi) is 4.65. The van der Waals surface area contributed by atoms with Gasteiger partial charge in [0.05, 0.1) is 31.7 Å². The fourth-order valence-electron chi connectivity index (χ4n) is 5.95. The van der Waals surface area contributed by atoms with E-state index in [0.29, 0.717) is 45.1 Å². The molecule has 0 aromatic heterocycles. The van der Waals surface area contributed by atoms with Crippen LogP contribution < -0.4 is 14.5 Å². The first-order valence-electron chi connectivity index (χ1n) is 12.9. The molecule has 0 saturated carbocycles. The Morgan fingerprint density at radius 3 is 1.69 bits per heavy atom. The molecule has 39 heavy (non-hydrogen) atoms. The van der Waals surface area contributed by atoms with Gasteiger partial charge in [0, 0.05) is 40.2 Å². The molecule has 1 spiro atoms. The quantitative estimate of drug-likeness (QED) is 0.277. The van der Waals surface area contributed by atoms with E-state index in [1.807, 2.05) is 12.1 Å². The molecule has 9 heteroatoms. The van der Waals surface area contributed by atoms with Crippen LogP contribution in [0.5, 0.6) is 11.5 Å². The van der Waals surface area contributed by atoms with E-state index in [1.165, 1.54) is 0 Å². The maximum atomic E-state index is 13.6. The van der Waals surface area contributed by atoms with Crippen LogP contribution in [0.4, 0.5) is 28.9 Å². The minimum atomic E-state index is -2.75. The standard InChI is InChI=1S/C30H26F4N2O3/c1-27(2,3)17-4-7-20-23(10-17)30(39-26(20)37)21-8-5-18(35-13-28(31,32)14-35)11-24(21)38-25-12-19(6-9-22(25)30)36-15-29(33,34)16-36/h4-12H,13-16H2,1-3H3. The monoisotopic (exact) mass is 538 g/mol. The Bertz CT molecular complexity index is 1470. The minimum Gasteiger partial charge on any atom is -0.456 e. The molecule has 4 heterocycles. The average molecular weight is 539 g/mol. The lowest BCUT2D eigenvalue weighted by molar-refractivity contribution is -0.0268. The third-order valence-electron chi connectivity index (χ3n) is 8.06. The topological polar surface area (TPSA) is 42.0 Å². The Labute approximate surface area is 222 Å². The molecular formula is C30H26F4N2O3. The third-order valence-corrected chi connectivity index (χ3v) is 8.06. The molecule has 4 aliphatic heterocycles. The molecule has 3 aromatic carbocycles. The van der Waals surface area contributed by atoms with Crippen LogP contribution in [0.25, 0.3) is 0 Å². The fraction of sp³-hybridized carbons (Fsp3) is 0.367. The van der Waals surface area contributed by atoms with Gasteiger partial charge in [0.1, 0.15) is 11.5 Å². The fourth-order valence-corrected chi connectivity index (χ4v) is 5.95. The van der Waals surface area contributed by atoms with Gasteiger partial charge in [0.25, 0.3) is 11.8 Å². The number of esters is 1. The summed E-state index contributed by atoms with van der Waals surface area (Å²) in [5, 5.41) is 0. The smallest absolute Gasteiger partial charge is 0.340 e. The first-order valence-corrected chi connectivity index (χ1v) is 12.9. The van der Waals surface area contributed by atoms with Crippen molar-refractivity contribution in [1.82, 2.24) is 0 Å². The summed E-state index contributed by atoms with van der Waals surface area (Å²) in [5.41, 5.74) is 2.82. The summed E-state index contributed by atoms with van der Waals surface area (Å²) in [4.78, 5) is 16.4. The van der Waals surface area contributed by atoms with Crippen LogP contribution in [0.2, 0.25) is 0 Å². The van der Waals surface area contributed by atoms with Crippen molar-refractivity contribution in [3.63, 3.8) is 0 Å². The molecule has 5 nitrogen and oxygen atoms in total. The molecule has 4 aliphatic rings. The van der Waals surface area contributed by atoms with Crippen LogP contribution in [0.1, 0.15) is 53.4 Å². The molecule has 202 valence electrons. The van der Waals surface area contributed by atoms with Crippen LogP contribution in [0.15, 0.2) is 54.6 Å². The number of benzene rings is 3. The number of fused-ring (bicyclic) bond motifs is 6. The Hall–Kier alpha value is -3.75. The molecule has 0 bridgehead atoms. The molecule has 2 saturated heterocycles. The molecule has 0 amide bonds. The van der Waals surface area contributed by atoms with Crippen LogP contribution in [0, 0.1) is 0 Å². The summed E-state index contributed by atoms with van der Waals surface area (Å²) in [7, 11) is 0. The van der Waals surface area contributed by atoms with Crippen molar-refractivity contribution in [2.75, 3.05) is 36.0 Å². The van der Waals surface area contributed by atoms with Crippen molar-refractivity contribution in [2.45, 2.75) is 43.6 Å². The predicted octanol–water partition coefficient (Wildman–Crippen LogP) is 6.46. The van der Waals surface area contributed by atoms with Gasteiger partial charge in [-0.05, 0) is 47.4 Å². The summed E-state index contributed by atoms with van der Waals surface area (Å²) >= 11 is 0. The molecule has 0 atom stereocenters. The van der Waals surface area contributed by atoms with Crippen LogP contribution >= 0.6 is 0 Å². The van der Waals surface area contributed by atoms with Crippen LogP contribution in [-0.4, -0.2) is 44.0 Å². The van der Waals surface area contributed by atoms with E-state index in [1.54, 1.807) is 52.3 Å². The molecule has 0 aliphatic carbocycles. The van der Waals surface area contributed by atoms with E-state index in [-0.39, 0.29) is 5.41 Å². The van der Waals surface area contributed by atoms with E-state index in [0.717, 1.165) is 5.56 Å². The zero-order chi connectivity index (χ0) is 27.5. The van der Waals surface area contributed by atoms with Crippen molar-refractivity contribution in [2.24, 2.45) is 0 Å². The highest BCUT2D eigenvalue weighted by atomic mass is 19.3. The van der Waals surface area contributed by atoms with E-state index in [2.05, 4.69) is 20.8 Å². The van der Waals surface area contributed by atoms with Gasteiger partial charge >= 0.3 is 5.97 Å². The molecule has 0 unspecified atom stereocenters. The van der Waals surface area contributed by atoms with Gasteiger partial charge in [-0.15, -0.1) is 0 Å². The van der Waals surface area contributed by atoms with Crippen LogP contribution in [-0.2, 0) is 15.8 Å². The first-order chi connectivity index (χ1) is 18.3. The number of ether oxygens (including phenoxy) is 2. The van der Waals surface area contributed by atoms with Crippen molar-refractivity contribution in [3.8, 4) is 11.5 Å². The number of halogens is 4. The Balaban J connectivity index is 1.41. The van der Waals surface area contributed by atoms with Gasteiger partial charge < -0.3 is 19.3 Å². The summed E-state index contributed by atoms with van der Waals surface area (Å²) in [5.74, 6) is -5.25. The van der Waals surface area contributed by atoms with Crippen LogP contribution in [0.3, 0.4) is 0 Å². The number of carbonyl (C=O) groups is 1. The maximum Gasteiger partial charge on any atom is 0.340 e. The van der Waals surface area contributed by atoms with Gasteiger partial charge in [-0.2, -0.15) is 0 Å². The van der Waals surface area contributed by atoms with E-state index < -0.39 is 49.6 Å². The number of alkyl halides is 4. The number of hydrogen-bond donors (Lipinski definition) is 0. The number of nitrogens with zero attached hydrogens (tertiary/aromatic N) is 2. The largest absolute Gasteiger partial charge is 0.456 e. The molecule has 2 fully saturated rings. The second kappa shape index (κ2) is 7.46. The molecule has 3 aromatic rings. The predicted molar refractivity (Wildman–Crippen MR) is 138 cm³/mol. The molecular weight excluding hydrogens is 512 g/mol. The normalized spacial score (nSPS) is 21.3. The van der Waals surface area contributed by atoms with Crippen molar-refractivity contribution in [1.29, 1.82) is 0 Å². The van der Waals surface area contributed by atoms with Gasteiger partial charge in [0.15, 0.2) is 5.60 Å². The lowest BCUT2D eigenvalue weighted by Crippen LogP contribution is -2.56. The SMILES string of the molecule is CC(C)(C)c1ccc2c(c1)C1(OC2=O)c2ccc(N3CC(F)(F)C3)cc2Oc2cc(N3CC(F)(F)C3)ccc21. The maximum absolute atomic E-state index is 13.6. The first kappa shape index (κ1) is 24.3. The average Bonchev–Trinajstić information content (AvgIpc) is 3.12. The lowest BCUT2D eigenvalue weighted by Gasteiger charge is -2.43. The van der Waals surface area contributed by atoms with E-state index in [4.69, 9.17) is 9.47 Å². The number of carbonyl (C=O) groups excluding carboxylic acids is 1. The Morgan fingerprint density at radius 2 is 1.23 bits per heavy atom. The second-order valence-corrected chi connectivity index (χ2v) is 12.0. The third kappa shape index (κ3) is 3.54. The number of rotatable bonds is 2. The molecule has 0 N–H and O–H groups in total. The zero-order valence-electron chi connectivity index (χ0n) is 21.7. The highest BCUT2D eigenvalue weighted by Gasteiger charge is 2.55. The molecule has 7 rings (SSSR count). The van der Waals surface area contributed by atoms with Gasteiger partial charge in [-0.1, -0.05) is 26.8 Å². The van der Waals surface area contributed by atoms with Gasteiger partial charge in [0.2, 0.25) is 0 Å². The summed E-state index contributed by atoms with van der Waals surface area (Å²) in [6.07, 6.45) is 0. The summed E-state index contributed by atoms with van der Waals surface area (Å²) < 4.78 is 67.0. The second-order valence-electron chi connectivity index (χ2n) is 12.0. The minimum absolute atomic E-state index is 0.210. The van der Waals surface area contributed by atoms with E-state index >= 15 is 0 Å². The van der Waals surface area contributed by atoms with Crippen molar-refractivity contribution >= 4 is 17.3 Å². The van der Waals surface area contributed by atoms with Crippen molar-refractivity contribution < 1.29 is 31.8 Å².